The molecule has 0 aliphatic rings. The van der Waals surface area contributed by atoms with E-state index in [9.17, 15) is 0 Å². The molecule has 5 nitrogen and oxygen atoms in total. The summed E-state index contributed by atoms with van der Waals surface area (Å²) in [6, 6.07) is 17.8. The normalized spacial score (nSPS) is 10.1. The first-order valence-electron chi connectivity index (χ1n) is 6.66. The standard InChI is InChI=1S/C16H15N5/c1-12-7-5-6-10-14(12)19-16-20-15(11-17-21-16)18-13-8-3-2-4-9-13/h2-11H,1H3,(H2,18,19,20,21). The van der Waals surface area contributed by atoms with Crippen molar-refractivity contribution in [3.63, 3.8) is 0 Å². The molecule has 0 fully saturated rings. The van der Waals surface area contributed by atoms with E-state index in [1.807, 2.05) is 61.5 Å². The Bertz CT molecular complexity index is 727. The molecule has 0 atom stereocenters. The van der Waals surface area contributed by atoms with Crippen molar-refractivity contribution in [1.29, 1.82) is 0 Å². The van der Waals surface area contributed by atoms with Crippen LogP contribution in [0.15, 0.2) is 60.8 Å². The number of aromatic nitrogens is 3. The van der Waals surface area contributed by atoms with Gasteiger partial charge in [0.25, 0.3) is 0 Å². The molecule has 2 N–H and O–H groups in total. The first-order chi connectivity index (χ1) is 10.3. The van der Waals surface area contributed by atoms with Crippen LogP contribution in [0.25, 0.3) is 0 Å². The molecule has 104 valence electrons. The molecule has 0 unspecified atom stereocenters. The lowest BCUT2D eigenvalue weighted by Gasteiger charge is -2.09. The minimum atomic E-state index is 0.463. The summed E-state index contributed by atoms with van der Waals surface area (Å²) in [4.78, 5) is 4.41. The summed E-state index contributed by atoms with van der Waals surface area (Å²) >= 11 is 0. The van der Waals surface area contributed by atoms with Crippen molar-refractivity contribution in [2.45, 2.75) is 6.92 Å². The third kappa shape index (κ3) is 3.33. The molecule has 0 saturated heterocycles. The number of anilines is 4. The molecule has 0 bridgehead atoms. The van der Waals surface area contributed by atoms with Gasteiger partial charge < -0.3 is 10.6 Å². The summed E-state index contributed by atoms with van der Waals surface area (Å²) < 4.78 is 0. The van der Waals surface area contributed by atoms with Crippen molar-refractivity contribution < 1.29 is 0 Å². The average Bonchev–Trinajstić information content (AvgIpc) is 2.51. The van der Waals surface area contributed by atoms with Crippen LogP contribution in [0, 0.1) is 6.92 Å². The second-order valence-electron chi connectivity index (χ2n) is 4.60. The van der Waals surface area contributed by atoms with E-state index >= 15 is 0 Å². The predicted molar refractivity (Wildman–Crippen MR) is 84.0 cm³/mol. The van der Waals surface area contributed by atoms with Crippen LogP contribution in [-0.2, 0) is 0 Å². The van der Waals surface area contributed by atoms with Crippen LogP contribution in [0.2, 0.25) is 0 Å². The van der Waals surface area contributed by atoms with Crippen LogP contribution >= 0.6 is 0 Å². The first kappa shape index (κ1) is 13.1. The fraction of sp³-hybridized carbons (Fsp3) is 0.0625. The van der Waals surface area contributed by atoms with E-state index in [0.29, 0.717) is 11.8 Å². The average molecular weight is 277 g/mol. The highest BCUT2D eigenvalue weighted by Gasteiger charge is 2.03. The first-order valence-corrected chi connectivity index (χ1v) is 6.66. The Hall–Kier alpha value is -2.95. The third-order valence-corrected chi connectivity index (χ3v) is 3.00. The molecular formula is C16H15N5. The van der Waals surface area contributed by atoms with Crippen LogP contribution in [0.3, 0.4) is 0 Å². The number of rotatable bonds is 4. The van der Waals surface area contributed by atoms with Crippen LogP contribution in [0.5, 0.6) is 0 Å². The van der Waals surface area contributed by atoms with Gasteiger partial charge in [-0.25, -0.2) is 0 Å². The summed E-state index contributed by atoms with van der Waals surface area (Å²) in [5, 5.41) is 14.3. The lowest BCUT2D eigenvalue weighted by atomic mass is 10.2. The Balaban J connectivity index is 1.79. The summed E-state index contributed by atoms with van der Waals surface area (Å²) in [6.07, 6.45) is 1.59. The van der Waals surface area contributed by atoms with Gasteiger partial charge in [0.2, 0.25) is 5.95 Å². The number of benzene rings is 2. The molecule has 21 heavy (non-hydrogen) atoms. The van der Waals surface area contributed by atoms with Gasteiger partial charge >= 0.3 is 0 Å². The van der Waals surface area contributed by atoms with E-state index in [1.165, 1.54) is 0 Å². The van der Waals surface area contributed by atoms with Crippen molar-refractivity contribution in [1.82, 2.24) is 15.2 Å². The van der Waals surface area contributed by atoms with Gasteiger partial charge in [-0.3, -0.25) is 0 Å². The molecule has 0 aliphatic carbocycles. The van der Waals surface area contributed by atoms with Gasteiger partial charge in [-0.2, -0.15) is 10.1 Å². The molecule has 0 saturated carbocycles. The van der Waals surface area contributed by atoms with Gasteiger partial charge in [0, 0.05) is 11.4 Å². The second kappa shape index (κ2) is 6.00. The number of para-hydroxylation sites is 2. The largest absolute Gasteiger partial charge is 0.339 e. The quantitative estimate of drug-likeness (QED) is 0.762. The Labute approximate surface area is 123 Å². The molecule has 5 heteroatoms. The Morgan fingerprint density at radius 3 is 2.43 bits per heavy atom. The van der Waals surface area contributed by atoms with Gasteiger partial charge in [-0.1, -0.05) is 36.4 Å². The number of hydrogen-bond donors (Lipinski definition) is 2. The maximum absolute atomic E-state index is 4.41. The van der Waals surface area contributed by atoms with Crippen molar-refractivity contribution in [3.05, 3.63) is 66.4 Å². The Kier molecular flexibility index (Phi) is 3.73. The van der Waals surface area contributed by atoms with E-state index in [4.69, 9.17) is 0 Å². The molecule has 1 heterocycles. The lowest BCUT2D eigenvalue weighted by molar-refractivity contribution is 0.982. The molecule has 2 aromatic carbocycles. The highest BCUT2D eigenvalue weighted by Crippen LogP contribution is 2.18. The van der Waals surface area contributed by atoms with Crippen LogP contribution in [-0.4, -0.2) is 15.2 Å². The molecule has 1 aromatic heterocycles. The molecule has 3 rings (SSSR count). The topological polar surface area (TPSA) is 62.7 Å². The molecule has 0 amide bonds. The third-order valence-electron chi connectivity index (χ3n) is 3.00. The maximum atomic E-state index is 4.41. The van der Waals surface area contributed by atoms with Crippen molar-refractivity contribution in [3.8, 4) is 0 Å². The number of aryl methyl sites for hydroxylation is 1. The molecular weight excluding hydrogens is 262 g/mol. The minimum absolute atomic E-state index is 0.463. The SMILES string of the molecule is Cc1ccccc1Nc1nncc(Nc2ccccc2)n1. The van der Waals surface area contributed by atoms with Crippen LogP contribution in [0.1, 0.15) is 5.56 Å². The lowest BCUT2D eigenvalue weighted by Crippen LogP contribution is -2.03. The highest BCUT2D eigenvalue weighted by molar-refractivity contribution is 5.60. The Morgan fingerprint density at radius 2 is 1.62 bits per heavy atom. The van der Waals surface area contributed by atoms with E-state index < -0.39 is 0 Å². The molecule has 0 spiro atoms. The monoisotopic (exact) mass is 277 g/mol. The zero-order valence-corrected chi connectivity index (χ0v) is 11.6. The van der Waals surface area contributed by atoms with Gasteiger partial charge in [0.05, 0.1) is 6.20 Å². The van der Waals surface area contributed by atoms with Gasteiger partial charge in [-0.15, -0.1) is 5.10 Å². The van der Waals surface area contributed by atoms with E-state index in [1.54, 1.807) is 6.20 Å². The summed E-state index contributed by atoms with van der Waals surface area (Å²) in [5.74, 6) is 1.11. The minimum Gasteiger partial charge on any atom is -0.339 e. The van der Waals surface area contributed by atoms with Crippen molar-refractivity contribution in [2.75, 3.05) is 10.6 Å². The summed E-state index contributed by atoms with van der Waals surface area (Å²) in [7, 11) is 0. The summed E-state index contributed by atoms with van der Waals surface area (Å²) in [6.45, 7) is 2.03. The fourth-order valence-corrected chi connectivity index (χ4v) is 1.92. The summed E-state index contributed by atoms with van der Waals surface area (Å²) in [5.41, 5.74) is 3.05. The van der Waals surface area contributed by atoms with Crippen molar-refractivity contribution in [2.24, 2.45) is 0 Å². The zero-order chi connectivity index (χ0) is 14.5. The number of nitrogens with one attached hydrogen (secondary N) is 2. The molecule has 0 aliphatic heterocycles. The highest BCUT2D eigenvalue weighted by atomic mass is 15.3. The van der Waals surface area contributed by atoms with Crippen LogP contribution < -0.4 is 10.6 Å². The van der Waals surface area contributed by atoms with Crippen LogP contribution in [0.4, 0.5) is 23.1 Å². The second-order valence-corrected chi connectivity index (χ2v) is 4.60. The van der Waals surface area contributed by atoms with E-state index in [0.717, 1.165) is 16.9 Å². The van der Waals surface area contributed by atoms with Crippen molar-refractivity contribution >= 4 is 23.1 Å². The van der Waals surface area contributed by atoms with E-state index in [2.05, 4.69) is 25.8 Å². The van der Waals surface area contributed by atoms with E-state index in [-0.39, 0.29) is 0 Å². The predicted octanol–water partition coefficient (Wildman–Crippen LogP) is 3.67. The van der Waals surface area contributed by atoms with Gasteiger partial charge in [-0.05, 0) is 30.7 Å². The molecule has 3 aromatic rings. The fourth-order valence-electron chi connectivity index (χ4n) is 1.92. The zero-order valence-electron chi connectivity index (χ0n) is 11.6. The Morgan fingerprint density at radius 1 is 0.857 bits per heavy atom. The number of hydrogen-bond acceptors (Lipinski definition) is 5. The smallest absolute Gasteiger partial charge is 0.249 e. The maximum Gasteiger partial charge on any atom is 0.249 e. The van der Waals surface area contributed by atoms with Gasteiger partial charge in [0.1, 0.15) is 0 Å². The van der Waals surface area contributed by atoms with Gasteiger partial charge in [0.15, 0.2) is 5.82 Å². The molecule has 0 radical (unpaired) electrons. The number of nitrogens with zero attached hydrogens (tertiary/aromatic N) is 3.